The summed E-state index contributed by atoms with van der Waals surface area (Å²) in [6.07, 6.45) is 2.50. The third-order valence-corrected chi connectivity index (χ3v) is 2.61. The van der Waals surface area contributed by atoms with E-state index < -0.39 is 0 Å². The van der Waals surface area contributed by atoms with Crippen molar-refractivity contribution in [2.24, 2.45) is 7.05 Å². The molecule has 84 valence electrons. The number of hydrogen-bond donors (Lipinski definition) is 1. The van der Waals surface area contributed by atoms with E-state index >= 15 is 0 Å². The van der Waals surface area contributed by atoms with Gasteiger partial charge < -0.3 is 9.67 Å². The van der Waals surface area contributed by atoms with Gasteiger partial charge in [0.05, 0.1) is 5.69 Å². The second kappa shape index (κ2) is 4.68. The van der Waals surface area contributed by atoms with E-state index in [1.165, 1.54) is 0 Å². The molecule has 4 heteroatoms. The van der Waals surface area contributed by atoms with Gasteiger partial charge in [-0.25, -0.2) is 4.98 Å². The van der Waals surface area contributed by atoms with Crippen LogP contribution < -0.4 is 0 Å². The van der Waals surface area contributed by atoms with Gasteiger partial charge in [-0.1, -0.05) is 23.7 Å². The van der Waals surface area contributed by atoms with Crippen molar-refractivity contribution in [3.8, 4) is 11.4 Å². The Morgan fingerprint density at radius 1 is 1.44 bits per heavy atom. The van der Waals surface area contributed by atoms with Crippen molar-refractivity contribution in [3.63, 3.8) is 0 Å². The highest BCUT2D eigenvalue weighted by Gasteiger charge is 2.07. The van der Waals surface area contributed by atoms with E-state index in [1.54, 1.807) is 0 Å². The Balaban J connectivity index is 2.40. The number of halogens is 1. The van der Waals surface area contributed by atoms with E-state index in [9.17, 15) is 0 Å². The molecule has 1 aromatic heterocycles. The number of imidazole rings is 1. The minimum atomic E-state index is 0.117. The molecule has 16 heavy (non-hydrogen) atoms. The fraction of sp³-hybridized carbons (Fsp3) is 0.250. The number of nitrogens with zero attached hydrogens (tertiary/aromatic N) is 2. The van der Waals surface area contributed by atoms with Crippen LogP contribution in [0.4, 0.5) is 0 Å². The van der Waals surface area contributed by atoms with Gasteiger partial charge in [-0.15, -0.1) is 0 Å². The first-order chi connectivity index (χ1) is 7.70. The van der Waals surface area contributed by atoms with Crippen molar-refractivity contribution in [1.82, 2.24) is 9.55 Å². The van der Waals surface area contributed by atoms with Gasteiger partial charge in [-0.3, -0.25) is 0 Å². The average Bonchev–Trinajstić information content (AvgIpc) is 2.60. The van der Waals surface area contributed by atoms with Gasteiger partial charge in [0.25, 0.3) is 0 Å². The number of rotatable bonds is 3. The second-order valence-corrected chi connectivity index (χ2v) is 4.09. The van der Waals surface area contributed by atoms with Crippen LogP contribution in [-0.2, 0) is 13.5 Å². The third kappa shape index (κ3) is 2.26. The summed E-state index contributed by atoms with van der Waals surface area (Å²) in [6.45, 7) is 0.117. The summed E-state index contributed by atoms with van der Waals surface area (Å²) in [5.74, 6) is 0.867. The second-order valence-electron chi connectivity index (χ2n) is 3.65. The first kappa shape index (κ1) is 11.2. The SMILES string of the molecule is Cn1cc(CCO)nc1-c1cccc(Cl)c1. The minimum absolute atomic E-state index is 0.117. The Labute approximate surface area is 99.3 Å². The average molecular weight is 237 g/mol. The van der Waals surface area contributed by atoms with Gasteiger partial charge in [0.15, 0.2) is 0 Å². The predicted octanol–water partition coefficient (Wildman–Crippen LogP) is 2.28. The maximum absolute atomic E-state index is 8.86. The molecule has 0 radical (unpaired) electrons. The molecule has 0 unspecified atom stereocenters. The first-order valence-corrected chi connectivity index (χ1v) is 5.47. The molecule has 2 aromatic rings. The summed E-state index contributed by atoms with van der Waals surface area (Å²) < 4.78 is 1.94. The van der Waals surface area contributed by atoms with E-state index in [0.29, 0.717) is 11.4 Å². The molecule has 0 amide bonds. The zero-order valence-corrected chi connectivity index (χ0v) is 9.78. The Kier molecular flexibility index (Phi) is 3.27. The molecule has 0 saturated heterocycles. The standard InChI is InChI=1S/C12H13ClN2O/c1-15-8-11(5-6-16)14-12(15)9-3-2-4-10(13)7-9/h2-4,7-8,16H,5-6H2,1H3. The van der Waals surface area contributed by atoms with Gasteiger partial charge in [0.1, 0.15) is 5.82 Å². The first-order valence-electron chi connectivity index (χ1n) is 5.10. The van der Waals surface area contributed by atoms with Crippen LogP contribution >= 0.6 is 11.6 Å². The third-order valence-electron chi connectivity index (χ3n) is 2.38. The lowest BCUT2D eigenvalue weighted by Crippen LogP contribution is -1.90. The topological polar surface area (TPSA) is 38.0 Å². The largest absolute Gasteiger partial charge is 0.396 e. The molecule has 0 spiro atoms. The van der Waals surface area contributed by atoms with E-state index in [0.717, 1.165) is 17.1 Å². The lowest BCUT2D eigenvalue weighted by Gasteiger charge is -2.01. The number of aliphatic hydroxyl groups is 1. The molecule has 0 aliphatic heterocycles. The molecule has 0 bridgehead atoms. The Hall–Kier alpha value is -1.32. The summed E-state index contributed by atoms with van der Waals surface area (Å²) in [7, 11) is 1.93. The molecule has 2 rings (SSSR count). The van der Waals surface area contributed by atoms with E-state index in [1.807, 2.05) is 42.1 Å². The van der Waals surface area contributed by atoms with Crippen molar-refractivity contribution >= 4 is 11.6 Å². The summed E-state index contributed by atoms with van der Waals surface area (Å²) in [4.78, 5) is 4.46. The van der Waals surface area contributed by atoms with Gasteiger partial charge in [-0.05, 0) is 12.1 Å². The number of hydrogen-bond acceptors (Lipinski definition) is 2. The van der Waals surface area contributed by atoms with Crippen LogP contribution in [0, 0.1) is 0 Å². The predicted molar refractivity (Wildman–Crippen MR) is 64.4 cm³/mol. The van der Waals surface area contributed by atoms with Gasteiger partial charge in [-0.2, -0.15) is 0 Å². The van der Waals surface area contributed by atoms with Crippen LogP contribution in [0.1, 0.15) is 5.69 Å². The number of benzene rings is 1. The summed E-state index contributed by atoms with van der Waals surface area (Å²) >= 11 is 5.94. The van der Waals surface area contributed by atoms with Gasteiger partial charge in [0, 0.05) is 36.9 Å². The van der Waals surface area contributed by atoms with Gasteiger partial charge >= 0.3 is 0 Å². The smallest absolute Gasteiger partial charge is 0.140 e. The van der Waals surface area contributed by atoms with Crippen molar-refractivity contribution in [2.75, 3.05) is 6.61 Å². The van der Waals surface area contributed by atoms with Crippen LogP contribution in [0.15, 0.2) is 30.5 Å². The monoisotopic (exact) mass is 236 g/mol. The Bertz CT molecular complexity index is 494. The molecule has 0 atom stereocenters. The molecule has 1 heterocycles. The van der Waals surface area contributed by atoms with Gasteiger partial charge in [0.2, 0.25) is 0 Å². The van der Waals surface area contributed by atoms with Crippen LogP contribution in [-0.4, -0.2) is 21.3 Å². The summed E-state index contributed by atoms with van der Waals surface area (Å²) in [5.41, 5.74) is 1.87. The maximum atomic E-state index is 8.86. The van der Waals surface area contributed by atoms with Crippen LogP contribution in [0.25, 0.3) is 11.4 Å². The van der Waals surface area contributed by atoms with Crippen molar-refractivity contribution in [2.45, 2.75) is 6.42 Å². The molecular formula is C12H13ClN2O. The van der Waals surface area contributed by atoms with Crippen molar-refractivity contribution in [1.29, 1.82) is 0 Å². The number of aliphatic hydroxyl groups excluding tert-OH is 1. The quantitative estimate of drug-likeness (QED) is 0.888. The van der Waals surface area contributed by atoms with Crippen molar-refractivity contribution in [3.05, 3.63) is 41.2 Å². The van der Waals surface area contributed by atoms with E-state index in [4.69, 9.17) is 16.7 Å². The van der Waals surface area contributed by atoms with Crippen LogP contribution in [0.5, 0.6) is 0 Å². The highest BCUT2D eigenvalue weighted by molar-refractivity contribution is 6.30. The highest BCUT2D eigenvalue weighted by Crippen LogP contribution is 2.21. The fourth-order valence-electron chi connectivity index (χ4n) is 1.66. The van der Waals surface area contributed by atoms with E-state index in [-0.39, 0.29) is 6.61 Å². The number of aromatic nitrogens is 2. The molecule has 0 aliphatic carbocycles. The molecule has 0 saturated carbocycles. The van der Waals surface area contributed by atoms with E-state index in [2.05, 4.69) is 4.98 Å². The normalized spacial score (nSPS) is 10.7. The minimum Gasteiger partial charge on any atom is -0.396 e. The van der Waals surface area contributed by atoms with Crippen molar-refractivity contribution < 1.29 is 5.11 Å². The summed E-state index contributed by atoms with van der Waals surface area (Å²) in [6, 6.07) is 7.59. The zero-order chi connectivity index (χ0) is 11.5. The molecule has 1 aromatic carbocycles. The number of aryl methyl sites for hydroxylation is 1. The Morgan fingerprint density at radius 2 is 2.25 bits per heavy atom. The molecule has 3 nitrogen and oxygen atoms in total. The molecular weight excluding hydrogens is 224 g/mol. The Morgan fingerprint density at radius 3 is 2.94 bits per heavy atom. The maximum Gasteiger partial charge on any atom is 0.140 e. The molecule has 0 fully saturated rings. The highest BCUT2D eigenvalue weighted by atomic mass is 35.5. The lowest BCUT2D eigenvalue weighted by molar-refractivity contribution is 0.298. The molecule has 0 aliphatic rings. The van der Waals surface area contributed by atoms with Crippen LogP contribution in [0.3, 0.4) is 0 Å². The summed E-state index contributed by atoms with van der Waals surface area (Å²) in [5, 5.41) is 9.56. The zero-order valence-electron chi connectivity index (χ0n) is 9.02. The lowest BCUT2D eigenvalue weighted by atomic mass is 10.2. The fourth-order valence-corrected chi connectivity index (χ4v) is 1.85. The van der Waals surface area contributed by atoms with Crippen LogP contribution in [0.2, 0.25) is 5.02 Å². The molecule has 1 N–H and O–H groups in total.